The van der Waals surface area contributed by atoms with Crippen LogP contribution in [0.2, 0.25) is 0 Å². The van der Waals surface area contributed by atoms with Crippen LogP contribution in [0.1, 0.15) is 16.2 Å². The van der Waals surface area contributed by atoms with Crippen LogP contribution in [0.15, 0.2) is 42.5 Å². The fourth-order valence-corrected chi connectivity index (χ4v) is 3.23. The van der Waals surface area contributed by atoms with Gasteiger partial charge in [0.2, 0.25) is 0 Å². The van der Waals surface area contributed by atoms with Crippen LogP contribution in [0.5, 0.6) is 11.5 Å². The smallest absolute Gasteiger partial charge is 0.251 e. The molecule has 0 atom stereocenters. The first kappa shape index (κ1) is 20.7. The number of hydrogen-bond donors (Lipinski definition) is 1. The van der Waals surface area contributed by atoms with E-state index >= 15 is 0 Å². The maximum atomic E-state index is 12.5. The average molecular weight is 396 g/mol. The van der Waals surface area contributed by atoms with Gasteiger partial charge in [-0.1, -0.05) is 12.1 Å². The van der Waals surface area contributed by atoms with Gasteiger partial charge in [-0.15, -0.1) is 0 Å². The first-order valence-corrected chi connectivity index (χ1v) is 9.62. The Morgan fingerprint density at radius 2 is 1.86 bits per heavy atom. The zero-order chi connectivity index (χ0) is 20.8. The SMILES string of the molecule is COc1ccc(C(=O)NCCc2nc3ccccc3n2CCN(C)C)cc1OC. The summed E-state index contributed by atoms with van der Waals surface area (Å²) >= 11 is 0. The van der Waals surface area contributed by atoms with Crippen LogP contribution in [0, 0.1) is 0 Å². The minimum atomic E-state index is -0.151. The maximum absolute atomic E-state index is 12.5. The Bertz CT molecular complexity index is 981. The summed E-state index contributed by atoms with van der Waals surface area (Å²) in [7, 11) is 7.24. The van der Waals surface area contributed by atoms with E-state index in [2.05, 4.69) is 34.9 Å². The van der Waals surface area contributed by atoms with Crippen molar-refractivity contribution in [2.24, 2.45) is 0 Å². The van der Waals surface area contributed by atoms with Crippen LogP contribution in [0.3, 0.4) is 0 Å². The summed E-state index contributed by atoms with van der Waals surface area (Å²) in [5.74, 6) is 1.95. The summed E-state index contributed by atoms with van der Waals surface area (Å²) in [6.07, 6.45) is 0.654. The van der Waals surface area contributed by atoms with E-state index in [9.17, 15) is 4.79 Å². The van der Waals surface area contributed by atoms with Crippen LogP contribution >= 0.6 is 0 Å². The standard InChI is InChI=1S/C22H28N4O3/c1-25(2)13-14-26-18-8-6-5-7-17(18)24-21(26)11-12-23-22(27)16-9-10-19(28-3)20(15-16)29-4/h5-10,15H,11-14H2,1-4H3,(H,23,27). The van der Waals surface area contributed by atoms with Gasteiger partial charge in [-0.2, -0.15) is 0 Å². The predicted molar refractivity (Wildman–Crippen MR) is 114 cm³/mol. The van der Waals surface area contributed by atoms with E-state index in [-0.39, 0.29) is 5.91 Å². The molecule has 29 heavy (non-hydrogen) atoms. The molecular weight excluding hydrogens is 368 g/mol. The number of imidazole rings is 1. The van der Waals surface area contributed by atoms with Crippen molar-refractivity contribution in [3.8, 4) is 11.5 Å². The zero-order valence-electron chi connectivity index (χ0n) is 17.4. The van der Waals surface area contributed by atoms with Crippen molar-refractivity contribution < 1.29 is 14.3 Å². The number of nitrogens with zero attached hydrogens (tertiary/aromatic N) is 3. The number of rotatable bonds is 9. The lowest BCUT2D eigenvalue weighted by atomic mass is 10.2. The summed E-state index contributed by atoms with van der Waals surface area (Å²) in [5, 5.41) is 2.97. The Morgan fingerprint density at radius 1 is 1.10 bits per heavy atom. The largest absolute Gasteiger partial charge is 0.493 e. The van der Waals surface area contributed by atoms with Gasteiger partial charge >= 0.3 is 0 Å². The quantitative estimate of drug-likeness (QED) is 0.602. The monoisotopic (exact) mass is 396 g/mol. The van der Waals surface area contributed by atoms with E-state index in [0.717, 1.165) is 29.9 Å². The number of benzene rings is 2. The molecule has 0 aliphatic heterocycles. The molecule has 7 nitrogen and oxygen atoms in total. The van der Waals surface area contributed by atoms with Crippen LogP contribution in [0.4, 0.5) is 0 Å². The van der Waals surface area contributed by atoms with Crippen molar-refractivity contribution in [1.82, 2.24) is 19.8 Å². The lowest BCUT2D eigenvalue weighted by Gasteiger charge is -2.14. The van der Waals surface area contributed by atoms with Crippen LogP contribution in [-0.4, -0.2) is 61.8 Å². The van der Waals surface area contributed by atoms with E-state index in [1.165, 1.54) is 0 Å². The molecule has 0 saturated carbocycles. The van der Waals surface area contributed by atoms with Crippen molar-refractivity contribution in [3.05, 3.63) is 53.9 Å². The van der Waals surface area contributed by atoms with Gasteiger partial charge in [0.05, 0.1) is 25.3 Å². The number of amides is 1. The second-order valence-electron chi connectivity index (χ2n) is 7.05. The highest BCUT2D eigenvalue weighted by Gasteiger charge is 2.13. The predicted octanol–water partition coefficient (Wildman–Crippen LogP) is 2.59. The number of hydrogen-bond acceptors (Lipinski definition) is 5. The first-order valence-electron chi connectivity index (χ1n) is 9.62. The topological polar surface area (TPSA) is 68.6 Å². The van der Waals surface area contributed by atoms with Crippen molar-refractivity contribution in [3.63, 3.8) is 0 Å². The Hall–Kier alpha value is -3.06. The third-order valence-electron chi connectivity index (χ3n) is 4.78. The van der Waals surface area contributed by atoms with E-state index in [1.807, 2.05) is 18.2 Å². The minimum absolute atomic E-state index is 0.151. The van der Waals surface area contributed by atoms with Gasteiger partial charge in [-0.25, -0.2) is 4.98 Å². The van der Waals surface area contributed by atoms with E-state index in [4.69, 9.17) is 14.5 Å². The molecule has 154 valence electrons. The molecular formula is C22H28N4O3. The maximum Gasteiger partial charge on any atom is 0.251 e. The molecule has 2 aromatic carbocycles. The van der Waals surface area contributed by atoms with E-state index in [1.54, 1.807) is 32.4 Å². The number of methoxy groups -OCH3 is 2. The number of fused-ring (bicyclic) bond motifs is 1. The molecule has 1 N–H and O–H groups in total. The zero-order valence-corrected chi connectivity index (χ0v) is 17.4. The number of carbonyl (C=O) groups is 1. The number of likely N-dealkylation sites (N-methyl/N-ethyl adjacent to an activating group) is 1. The molecule has 0 fully saturated rings. The fraction of sp³-hybridized carbons (Fsp3) is 0.364. The van der Waals surface area contributed by atoms with Crippen molar-refractivity contribution in [2.45, 2.75) is 13.0 Å². The Morgan fingerprint density at radius 3 is 2.59 bits per heavy atom. The van der Waals surface area contributed by atoms with Crippen LogP contribution in [-0.2, 0) is 13.0 Å². The normalized spacial score (nSPS) is 11.1. The molecule has 0 bridgehead atoms. The fourth-order valence-electron chi connectivity index (χ4n) is 3.23. The summed E-state index contributed by atoms with van der Waals surface area (Å²) < 4.78 is 12.7. The molecule has 0 unspecified atom stereocenters. The lowest BCUT2D eigenvalue weighted by molar-refractivity contribution is 0.0953. The summed E-state index contributed by atoms with van der Waals surface area (Å²) in [6, 6.07) is 13.3. The molecule has 0 aliphatic rings. The van der Waals surface area contributed by atoms with Crippen molar-refractivity contribution in [2.75, 3.05) is 41.4 Å². The van der Waals surface area contributed by atoms with Crippen LogP contribution in [0.25, 0.3) is 11.0 Å². The van der Waals surface area contributed by atoms with Gasteiger partial charge in [-0.05, 0) is 44.4 Å². The molecule has 3 rings (SSSR count). The van der Waals surface area contributed by atoms with Crippen molar-refractivity contribution in [1.29, 1.82) is 0 Å². The molecule has 3 aromatic rings. The molecule has 0 spiro atoms. The molecule has 0 saturated heterocycles. The second kappa shape index (κ2) is 9.43. The summed E-state index contributed by atoms with van der Waals surface area (Å²) in [6.45, 7) is 2.27. The van der Waals surface area contributed by atoms with E-state index in [0.29, 0.717) is 30.0 Å². The highest BCUT2D eigenvalue weighted by molar-refractivity contribution is 5.94. The number of para-hydroxylation sites is 2. The average Bonchev–Trinajstić information content (AvgIpc) is 3.08. The Labute approximate surface area is 171 Å². The number of ether oxygens (including phenoxy) is 2. The third-order valence-corrected chi connectivity index (χ3v) is 4.78. The number of nitrogens with one attached hydrogen (secondary N) is 1. The van der Waals surface area contributed by atoms with E-state index < -0.39 is 0 Å². The van der Waals surface area contributed by atoms with Gasteiger partial charge < -0.3 is 24.3 Å². The molecule has 1 heterocycles. The lowest BCUT2D eigenvalue weighted by Crippen LogP contribution is -2.27. The minimum Gasteiger partial charge on any atom is -0.493 e. The van der Waals surface area contributed by atoms with Gasteiger partial charge in [-0.3, -0.25) is 4.79 Å². The van der Waals surface area contributed by atoms with Gasteiger partial charge in [0, 0.05) is 31.6 Å². The molecule has 1 amide bonds. The molecule has 0 radical (unpaired) electrons. The Kier molecular flexibility index (Phi) is 6.72. The second-order valence-corrected chi connectivity index (χ2v) is 7.05. The summed E-state index contributed by atoms with van der Waals surface area (Å²) in [4.78, 5) is 19.5. The van der Waals surface area contributed by atoms with Gasteiger partial charge in [0.1, 0.15) is 5.82 Å². The number of aromatic nitrogens is 2. The molecule has 0 aliphatic carbocycles. The molecule has 1 aromatic heterocycles. The van der Waals surface area contributed by atoms with Crippen molar-refractivity contribution >= 4 is 16.9 Å². The highest BCUT2D eigenvalue weighted by Crippen LogP contribution is 2.27. The Balaban J connectivity index is 1.69. The number of carbonyl (C=O) groups excluding carboxylic acids is 1. The van der Waals surface area contributed by atoms with Crippen LogP contribution < -0.4 is 14.8 Å². The molecule has 7 heteroatoms. The third kappa shape index (κ3) is 4.86. The first-order chi connectivity index (χ1) is 14.0. The summed E-state index contributed by atoms with van der Waals surface area (Å²) in [5.41, 5.74) is 2.63. The van der Waals surface area contributed by atoms with Gasteiger partial charge in [0.25, 0.3) is 5.91 Å². The van der Waals surface area contributed by atoms with Gasteiger partial charge in [0.15, 0.2) is 11.5 Å². The highest BCUT2D eigenvalue weighted by atomic mass is 16.5.